The van der Waals surface area contributed by atoms with Gasteiger partial charge in [-0.2, -0.15) is 0 Å². The lowest BCUT2D eigenvalue weighted by Crippen LogP contribution is -1.99. The Balaban J connectivity index is 3.11. The lowest BCUT2D eigenvalue weighted by atomic mass is 10.4. The lowest BCUT2D eigenvalue weighted by molar-refractivity contribution is 0.756. The molecule has 0 amide bonds. The smallest absolute Gasteiger partial charge is 0.106 e. The van der Waals surface area contributed by atoms with Crippen molar-refractivity contribution in [1.29, 1.82) is 0 Å². The van der Waals surface area contributed by atoms with Crippen LogP contribution in [0.3, 0.4) is 0 Å². The molecule has 0 saturated heterocycles. The summed E-state index contributed by atoms with van der Waals surface area (Å²) in [5.74, 6) is 1.07. The van der Waals surface area contributed by atoms with Gasteiger partial charge in [0, 0.05) is 12.2 Å². The fourth-order valence-electron chi connectivity index (χ4n) is 1.22. The van der Waals surface area contributed by atoms with Crippen LogP contribution in [0.4, 0.5) is 0 Å². The second-order valence-corrected chi connectivity index (χ2v) is 2.73. The molecule has 0 unspecified atom stereocenters. The largest absolute Gasteiger partial charge is 0.328 e. The first-order valence-electron chi connectivity index (χ1n) is 3.78. The molecule has 0 N–H and O–H groups in total. The van der Waals surface area contributed by atoms with Gasteiger partial charge in [-0.1, -0.05) is 6.08 Å². The van der Waals surface area contributed by atoms with Crippen LogP contribution in [0.15, 0.2) is 12.7 Å². The summed E-state index contributed by atoms with van der Waals surface area (Å²) in [5, 5.41) is 0. The summed E-state index contributed by atoms with van der Waals surface area (Å²) in [6.45, 7) is 10.7. The minimum absolute atomic E-state index is 0.860. The summed E-state index contributed by atoms with van der Waals surface area (Å²) in [6, 6.07) is 0. The zero-order chi connectivity index (χ0) is 8.43. The van der Waals surface area contributed by atoms with Gasteiger partial charge in [0.05, 0.1) is 5.69 Å². The van der Waals surface area contributed by atoms with E-state index in [0.29, 0.717) is 0 Å². The molecule has 2 nitrogen and oxygen atoms in total. The van der Waals surface area contributed by atoms with Crippen molar-refractivity contribution in [2.45, 2.75) is 27.3 Å². The number of aromatic nitrogens is 2. The number of aryl methyl sites for hydroxylation is 2. The number of nitrogens with zero attached hydrogens (tertiary/aromatic N) is 2. The summed E-state index contributed by atoms with van der Waals surface area (Å²) in [4.78, 5) is 4.34. The lowest BCUT2D eigenvalue weighted by Gasteiger charge is -2.02. The van der Waals surface area contributed by atoms with E-state index in [1.165, 1.54) is 5.69 Å². The molecule has 0 radical (unpaired) electrons. The van der Waals surface area contributed by atoms with E-state index in [0.717, 1.165) is 18.1 Å². The van der Waals surface area contributed by atoms with Crippen molar-refractivity contribution in [3.05, 3.63) is 29.9 Å². The van der Waals surface area contributed by atoms with E-state index in [9.17, 15) is 0 Å². The van der Waals surface area contributed by atoms with E-state index < -0.39 is 0 Å². The quantitative estimate of drug-likeness (QED) is 0.589. The summed E-state index contributed by atoms with van der Waals surface area (Å²) in [6.07, 6.45) is 1.89. The van der Waals surface area contributed by atoms with Gasteiger partial charge in [-0.3, -0.25) is 0 Å². The molecule has 0 bridgehead atoms. The first-order valence-corrected chi connectivity index (χ1v) is 3.78. The first kappa shape index (κ1) is 8.05. The third-order valence-corrected chi connectivity index (χ3v) is 1.96. The van der Waals surface area contributed by atoms with Crippen LogP contribution in [0.25, 0.3) is 0 Å². The molecule has 1 aromatic heterocycles. The second kappa shape index (κ2) is 2.91. The minimum Gasteiger partial charge on any atom is -0.328 e. The molecule has 60 valence electrons. The Hall–Kier alpha value is -1.05. The molecule has 1 rings (SSSR count). The summed E-state index contributed by atoms with van der Waals surface area (Å²) in [7, 11) is 0. The Morgan fingerprint density at radius 3 is 2.45 bits per heavy atom. The average molecular weight is 150 g/mol. The van der Waals surface area contributed by atoms with E-state index >= 15 is 0 Å². The average Bonchev–Trinajstić information content (AvgIpc) is 2.17. The fourth-order valence-corrected chi connectivity index (χ4v) is 1.22. The van der Waals surface area contributed by atoms with Gasteiger partial charge in [0.1, 0.15) is 5.82 Å². The third-order valence-electron chi connectivity index (χ3n) is 1.96. The maximum absolute atomic E-state index is 4.34. The molecule has 1 heterocycles. The molecule has 11 heavy (non-hydrogen) atoms. The van der Waals surface area contributed by atoms with Crippen molar-refractivity contribution in [2.75, 3.05) is 0 Å². The molecule has 2 heteroatoms. The number of allylic oxidation sites excluding steroid dienone is 1. The Bertz CT molecular complexity index is 271. The first-order chi connectivity index (χ1) is 5.16. The van der Waals surface area contributed by atoms with Crippen LogP contribution in [-0.4, -0.2) is 9.55 Å². The predicted molar refractivity (Wildman–Crippen MR) is 46.6 cm³/mol. The monoisotopic (exact) mass is 150 g/mol. The maximum atomic E-state index is 4.34. The van der Waals surface area contributed by atoms with Crippen molar-refractivity contribution in [3.63, 3.8) is 0 Å². The van der Waals surface area contributed by atoms with E-state index in [1.807, 2.05) is 19.9 Å². The van der Waals surface area contributed by atoms with Crippen LogP contribution >= 0.6 is 0 Å². The van der Waals surface area contributed by atoms with Gasteiger partial charge in [-0.15, -0.1) is 6.58 Å². The zero-order valence-electron chi connectivity index (χ0n) is 7.39. The SMILES string of the molecule is C=CCn1c(C)nc(C)c1C. The topological polar surface area (TPSA) is 17.8 Å². The van der Waals surface area contributed by atoms with Crippen molar-refractivity contribution in [3.8, 4) is 0 Å². The number of rotatable bonds is 2. The number of hydrogen-bond acceptors (Lipinski definition) is 1. The van der Waals surface area contributed by atoms with Crippen molar-refractivity contribution in [2.24, 2.45) is 0 Å². The molecule has 0 aromatic carbocycles. The highest BCUT2D eigenvalue weighted by atomic mass is 15.1. The standard InChI is InChI=1S/C9H14N2/c1-5-6-11-8(3)7(2)10-9(11)4/h5H,1,6H2,2-4H3. The molecule has 0 aliphatic rings. The van der Waals surface area contributed by atoms with Crippen LogP contribution in [-0.2, 0) is 6.54 Å². The summed E-state index contributed by atoms with van der Waals surface area (Å²) >= 11 is 0. The van der Waals surface area contributed by atoms with Gasteiger partial charge in [-0.05, 0) is 20.8 Å². The third kappa shape index (κ3) is 1.34. The van der Waals surface area contributed by atoms with Gasteiger partial charge in [0.25, 0.3) is 0 Å². The van der Waals surface area contributed by atoms with Gasteiger partial charge in [-0.25, -0.2) is 4.98 Å². The molecular formula is C9H14N2. The van der Waals surface area contributed by atoms with E-state index in [1.54, 1.807) is 0 Å². The van der Waals surface area contributed by atoms with Crippen LogP contribution in [0.1, 0.15) is 17.2 Å². The van der Waals surface area contributed by atoms with Crippen LogP contribution in [0.5, 0.6) is 0 Å². The fraction of sp³-hybridized carbons (Fsp3) is 0.444. The Morgan fingerprint density at radius 1 is 1.45 bits per heavy atom. The van der Waals surface area contributed by atoms with E-state index in [2.05, 4.69) is 23.1 Å². The molecule has 0 fully saturated rings. The summed E-state index contributed by atoms with van der Waals surface area (Å²) < 4.78 is 2.16. The highest BCUT2D eigenvalue weighted by molar-refractivity contribution is 5.13. The number of imidazole rings is 1. The Labute approximate surface area is 67.6 Å². The van der Waals surface area contributed by atoms with Crippen LogP contribution in [0.2, 0.25) is 0 Å². The molecular weight excluding hydrogens is 136 g/mol. The van der Waals surface area contributed by atoms with Crippen molar-refractivity contribution < 1.29 is 0 Å². The molecule has 0 aliphatic heterocycles. The number of hydrogen-bond donors (Lipinski definition) is 0. The van der Waals surface area contributed by atoms with Gasteiger partial charge < -0.3 is 4.57 Å². The second-order valence-electron chi connectivity index (χ2n) is 2.73. The van der Waals surface area contributed by atoms with Gasteiger partial charge >= 0.3 is 0 Å². The zero-order valence-corrected chi connectivity index (χ0v) is 7.39. The highest BCUT2D eigenvalue weighted by Gasteiger charge is 2.03. The Morgan fingerprint density at radius 2 is 2.09 bits per heavy atom. The molecule has 0 saturated carbocycles. The van der Waals surface area contributed by atoms with Gasteiger partial charge in [0.15, 0.2) is 0 Å². The Kier molecular flexibility index (Phi) is 2.13. The van der Waals surface area contributed by atoms with Crippen molar-refractivity contribution >= 4 is 0 Å². The normalized spacial score (nSPS) is 10.1. The van der Waals surface area contributed by atoms with Gasteiger partial charge in [0.2, 0.25) is 0 Å². The maximum Gasteiger partial charge on any atom is 0.106 e. The predicted octanol–water partition coefficient (Wildman–Crippen LogP) is 1.99. The summed E-state index contributed by atoms with van der Waals surface area (Å²) in [5.41, 5.74) is 2.35. The minimum atomic E-state index is 0.860. The van der Waals surface area contributed by atoms with Crippen LogP contribution in [0, 0.1) is 20.8 Å². The molecule has 1 aromatic rings. The highest BCUT2D eigenvalue weighted by Crippen LogP contribution is 2.08. The van der Waals surface area contributed by atoms with Crippen LogP contribution < -0.4 is 0 Å². The molecule has 0 spiro atoms. The van der Waals surface area contributed by atoms with E-state index in [-0.39, 0.29) is 0 Å². The molecule has 0 aliphatic carbocycles. The van der Waals surface area contributed by atoms with Crippen molar-refractivity contribution in [1.82, 2.24) is 9.55 Å². The van der Waals surface area contributed by atoms with E-state index in [4.69, 9.17) is 0 Å². The molecule has 0 atom stereocenters.